The molecule has 0 aromatic heterocycles. The number of ether oxygens (including phenoxy) is 5. The Morgan fingerprint density at radius 1 is 1.21 bits per heavy atom. The summed E-state index contributed by atoms with van der Waals surface area (Å²) >= 11 is 0. The van der Waals surface area contributed by atoms with Crippen LogP contribution < -0.4 is 4.74 Å². The van der Waals surface area contributed by atoms with E-state index in [1.807, 2.05) is 0 Å². The van der Waals surface area contributed by atoms with E-state index in [1.165, 1.54) is 27.0 Å². The molecular weight excluding hydrogens is 368 g/mol. The van der Waals surface area contributed by atoms with Crippen LogP contribution in [0.1, 0.15) is 32.3 Å². The first-order valence-corrected chi connectivity index (χ1v) is 8.83. The van der Waals surface area contributed by atoms with E-state index in [1.54, 1.807) is 37.3 Å². The van der Waals surface area contributed by atoms with Crippen LogP contribution in [0.15, 0.2) is 36.4 Å². The molecule has 152 valence electrons. The molecule has 1 saturated heterocycles. The molecule has 1 heterocycles. The van der Waals surface area contributed by atoms with E-state index in [0.717, 1.165) is 0 Å². The van der Waals surface area contributed by atoms with E-state index in [4.69, 9.17) is 18.9 Å². The third-order valence-electron chi connectivity index (χ3n) is 3.94. The van der Waals surface area contributed by atoms with Crippen molar-refractivity contribution in [3.8, 4) is 5.75 Å². The van der Waals surface area contributed by atoms with Crippen LogP contribution in [0.3, 0.4) is 0 Å². The SMILES string of the molecule is CCOC(=O)OC/C=C/C(c1cccc(OC)c1)C1C(=O)OC(C)(C)OC1=O. The second kappa shape index (κ2) is 9.25. The van der Waals surface area contributed by atoms with Gasteiger partial charge in [-0.2, -0.15) is 0 Å². The van der Waals surface area contributed by atoms with Crippen LogP contribution in [-0.2, 0) is 28.5 Å². The number of hydrogen-bond acceptors (Lipinski definition) is 8. The van der Waals surface area contributed by atoms with Gasteiger partial charge in [0, 0.05) is 19.8 Å². The molecule has 0 radical (unpaired) electrons. The van der Waals surface area contributed by atoms with Crippen LogP contribution in [0.5, 0.6) is 5.75 Å². The van der Waals surface area contributed by atoms with Crippen molar-refractivity contribution in [3.63, 3.8) is 0 Å². The van der Waals surface area contributed by atoms with E-state index in [0.29, 0.717) is 11.3 Å². The molecule has 0 N–H and O–H groups in total. The van der Waals surface area contributed by atoms with Crippen molar-refractivity contribution in [2.75, 3.05) is 20.3 Å². The van der Waals surface area contributed by atoms with E-state index < -0.39 is 35.7 Å². The van der Waals surface area contributed by atoms with E-state index in [2.05, 4.69) is 4.74 Å². The first-order valence-electron chi connectivity index (χ1n) is 8.83. The maximum absolute atomic E-state index is 12.5. The molecule has 1 aromatic carbocycles. The third kappa shape index (κ3) is 5.48. The molecule has 1 fully saturated rings. The first kappa shape index (κ1) is 21.3. The quantitative estimate of drug-likeness (QED) is 0.397. The summed E-state index contributed by atoms with van der Waals surface area (Å²) in [6, 6.07) is 6.95. The summed E-state index contributed by atoms with van der Waals surface area (Å²) < 4.78 is 25.3. The Morgan fingerprint density at radius 2 is 1.89 bits per heavy atom. The summed E-state index contributed by atoms with van der Waals surface area (Å²) in [4.78, 5) is 36.3. The molecule has 28 heavy (non-hydrogen) atoms. The Labute approximate surface area is 163 Å². The molecule has 1 atom stereocenters. The molecule has 8 nitrogen and oxygen atoms in total. The maximum atomic E-state index is 12.5. The van der Waals surface area contributed by atoms with Gasteiger partial charge >= 0.3 is 18.1 Å². The number of carbonyl (C=O) groups excluding carboxylic acids is 3. The highest BCUT2D eigenvalue weighted by atomic mass is 16.7. The Bertz CT molecular complexity index is 732. The van der Waals surface area contributed by atoms with Gasteiger partial charge in [0.15, 0.2) is 5.92 Å². The lowest BCUT2D eigenvalue weighted by Gasteiger charge is -2.35. The molecule has 0 bridgehead atoms. The second-order valence-electron chi connectivity index (χ2n) is 6.44. The minimum Gasteiger partial charge on any atom is -0.497 e. The molecule has 1 unspecified atom stereocenters. The molecule has 0 aliphatic carbocycles. The van der Waals surface area contributed by atoms with Gasteiger partial charge in [0.2, 0.25) is 0 Å². The topological polar surface area (TPSA) is 97.4 Å². The lowest BCUT2D eigenvalue weighted by molar-refractivity contribution is -0.240. The van der Waals surface area contributed by atoms with Crippen LogP contribution >= 0.6 is 0 Å². The highest BCUT2D eigenvalue weighted by Crippen LogP contribution is 2.35. The Balaban J connectivity index is 2.27. The van der Waals surface area contributed by atoms with Crippen molar-refractivity contribution in [2.24, 2.45) is 5.92 Å². The minimum absolute atomic E-state index is 0.0817. The maximum Gasteiger partial charge on any atom is 0.508 e. The van der Waals surface area contributed by atoms with Crippen LogP contribution in [0.25, 0.3) is 0 Å². The fraction of sp³-hybridized carbons (Fsp3) is 0.450. The predicted octanol–water partition coefficient (Wildman–Crippen LogP) is 2.96. The van der Waals surface area contributed by atoms with Crippen molar-refractivity contribution in [1.29, 1.82) is 0 Å². The molecule has 1 aromatic rings. The highest BCUT2D eigenvalue weighted by Gasteiger charge is 2.47. The van der Waals surface area contributed by atoms with Crippen LogP contribution in [0, 0.1) is 5.92 Å². The predicted molar refractivity (Wildman–Crippen MR) is 97.6 cm³/mol. The minimum atomic E-state index is -1.32. The fourth-order valence-corrected chi connectivity index (χ4v) is 2.76. The molecule has 0 spiro atoms. The average molecular weight is 392 g/mol. The zero-order valence-corrected chi connectivity index (χ0v) is 16.3. The van der Waals surface area contributed by atoms with Crippen LogP contribution in [0.4, 0.5) is 4.79 Å². The summed E-state index contributed by atoms with van der Waals surface area (Å²) in [6.07, 6.45) is 2.32. The Hall–Kier alpha value is -3.03. The smallest absolute Gasteiger partial charge is 0.497 e. The van der Waals surface area contributed by atoms with E-state index >= 15 is 0 Å². The number of methoxy groups -OCH3 is 1. The molecular formula is C20H24O8. The van der Waals surface area contributed by atoms with E-state index in [9.17, 15) is 14.4 Å². The lowest BCUT2D eigenvalue weighted by Crippen LogP contribution is -2.48. The first-order chi connectivity index (χ1) is 13.3. The van der Waals surface area contributed by atoms with Gasteiger partial charge < -0.3 is 23.7 Å². The summed E-state index contributed by atoms with van der Waals surface area (Å²) in [5.74, 6) is -4.03. The lowest BCUT2D eigenvalue weighted by atomic mass is 9.84. The summed E-state index contributed by atoms with van der Waals surface area (Å²) in [5.41, 5.74) is 0.644. The van der Waals surface area contributed by atoms with Gasteiger partial charge in [-0.3, -0.25) is 9.59 Å². The van der Waals surface area contributed by atoms with Crippen molar-refractivity contribution < 1.29 is 38.1 Å². The number of rotatable bonds is 7. The van der Waals surface area contributed by atoms with Crippen LogP contribution in [-0.4, -0.2) is 44.2 Å². The molecule has 2 rings (SSSR count). The van der Waals surface area contributed by atoms with Crippen molar-refractivity contribution in [1.82, 2.24) is 0 Å². The zero-order valence-electron chi connectivity index (χ0n) is 16.3. The van der Waals surface area contributed by atoms with Gasteiger partial charge in [-0.25, -0.2) is 4.79 Å². The normalized spacial score (nSPS) is 17.6. The van der Waals surface area contributed by atoms with Crippen molar-refractivity contribution in [2.45, 2.75) is 32.5 Å². The number of carbonyl (C=O) groups is 3. The zero-order chi connectivity index (χ0) is 20.7. The number of allylic oxidation sites excluding steroid dienone is 1. The van der Waals surface area contributed by atoms with Gasteiger partial charge in [0.1, 0.15) is 12.4 Å². The monoisotopic (exact) mass is 392 g/mol. The number of esters is 2. The number of hydrogen-bond donors (Lipinski definition) is 0. The molecule has 1 aliphatic heterocycles. The molecule has 8 heteroatoms. The standard InChI is InChI=1S/C20H24O8/c1-5-25-19(23)26-11-7-10-15(13-8-6-9-14(12-13)24-4)16-17(21)27-20(2,3)28-18(16)22/h6-10,12,15-16H,5,11H2,1-4H3/b10-7+. The van der Waals surface area contributed by atoms with Gasteiger partial charge in [-0.05, 0) is 24.6 Å². The van der Waals surface area contributed by atoms with Crippen molar-refractivity contribution >= 4 is 18.1 Å². The third-order valence-corrected chi connectivity index (χ3v) is 3.94. The van der Waals surface area contributed by atoms with Gasteiger partial charge in [-0.1, -0.05) is 24.3 Å². The largest absolute Gasteiger partial charge is 0.508 e. The second-order valence-corrected chi connectivity index (χ2v) is 6.44. The van der Waals surface area contributed by atoms with Gasteiger partial charge in [-0.15, -0.1) is 0 Å². The number of benzene rings is 1. The number of cyclic esters (lactones) is 2. The highest BCUT2D eigenvalue weighted by molar-refractivity contribution is 5.98. The summed E-state index contributed by atoms with van der Waals surface area (Å²) in [7, 11) is 1.52. The Morgan fingerprint density at radius 3 is 2.50 bits per heavy atom. The van der Waals surface area contributed by atoms with Crippen molar-refractivity contribution in [3.05, 3.63) is 42.0 Å². The average Bonchev–Trinajstić information content (AvgIpc) is 2.62. The molecule has 1 aliphatic rings. The molecule has 0 amide bonds. The van der Waals surface area contributed by atoms with Gasteiger partial charge in [0.25, 0.3) is 5.79 Å². The molecule has 0 saturated carbocycles. The summed E-state index contributed by atoms with van der Waals surface area (Å²) in [6.45, 7) is 4.76. The van der Waals surface area contributed by atoms with E-state index in [-0.39, 0.29) is 13.2 Å². The fourth-order valence-electron chi connectivity index (χ4n) is 2.76. The van der Waals surface area contributed by atoms with Crippen LogP contribution in [0.2, 0.25) is 0 Å². The summed E-state index contributed by atoms with van der Waals surface area (Å²) in [5, 5.41) is 0. The Kier molecular flexibility index (Phi) is 7.03. The van der Waals surface area contributed by atoms with Gasteiger partial charge in [0.05, 0.1) is 13.7 Å².